The molecule has 0 saturated carbocycles. The van der Waals surface area contributed by atoms with Gasteiger partial charge >= 0.3 is 17.8 Å². The Morgan fingerprint density at radius 2 is 1.58 bits per heavy atom. The number of nitrogens with one attached hydrogen (secondary N) is 1. The van der Waals surface area contributed by atoms with Gasteiger partial charge in [-0.3, -0.25) is 9.59 Å². The third-order valence-corrected chi connectivity index (χ3v) is 6.56. The third-order valence-electron chi connectivity index (χ3n) is 6.56. The quantitative estimate of drug-likeness (QED) is 0.691. The van der Waals surface area contributed by atoms with E-state index >= 15 is 0 Å². The Morgan fingerprint density at radius 3 is 2.27 bits per heavy atom. The monoisotopic (exact) mass is 448 g/mol. The first-order valence-corrected chi connectivity index (χ1v) is 11.7. The van der Waals surface area contributed by atoms with Gasteiger partial charge in [0.2, 0.25) is 0 Å². The van der Waals surface area contributed by atoms with Gasteiger partial charge in [-0.2, -0.15) is 0 Å². The van der Waals surface area contributed by atoms with Gasteiger partial charge in [0.05, 0.1) is 0 Å². The molecular formula is C26H32N4O3. The van der Waals surface area contributed by atoms with Crippen molar-refractivity contribution >= 4 is 17.8 Å². The van der Waals surface area contributed by atoms with E-state index in [1.54, 1.807) is 14.7 Å². The van der Waals surface area contributed by atoms with Gasteiger partial charge in [-0.05, 0) is 37.3 Å². The predicted octanol–water partition coefficient (Wildman–Crippen LogP) is 2.58. The maximum atomic E-state index is 12.8. The molecule has 7 heteroatoms. The minimum Gasteiger partial charge on any atom is -0.338 e. The van der Waals surface area contributed by atoms with E-state index in [9.17, 15) is 14.4 Å². The molecule has 0 spiro atoms. The Kier molecular flexibility index (Phi) is 7.27. The summed E-state index contributed by atoms with van der Waals surface area (Å²) in [6.07, 6.45) is 2.19. The fourth-order valence-electron chi connectivity index (χ4n) is 4.55. The summed E-state index contributed by atoms with van der Waals surface area (Å²) in [5.74, 6) is -0.845. The van der Waals surface area contributed by atoms with E-state index in [1.165, 1.54) is 11.1 Å². The average molecular weight is 449 g/mol. The molecule has 2 aliphatic rings. The van der Waals surface area contributed by atoms with Gasteiger partial charge in [-0.25, -0.2) is 4.79 Å². The number of benzene rings is 2. The second kappa shape index (κ2) is 10.5. The molecule has 33 heavy (non-hydrogen) atoms. The molecule has 0 unspecified atom stereocenters. The van der Waals surface area contributed by atoms with Crippen LogP contribution in [0.4, 0.5) is 4.79 Å². The molecule has 2 saturated heterocycles. The minimum absolute atomic E-state index is 0.0105. The smallest absolute Gasteiger partial charge is 0.317 e. The van der Waals surface area contributed by atoms with E-state index in [0.717, 1.165) is 12.0 Å². The lowest BCUT2D eigenvalue weighted by atomic mass is 10.0. The first-order chi connectivity index (χ1) is 16.0. The van der Waals surface area contributed by atoms with Crippen molar-refractivity contribution in [3.05, 3.63) is 71.3 Å². The van der Waals surface area contributed by atoms with Crippen molar-refractivity contribution in [3.63, 3.8) is 0 Å². The fraction of sp³-hybridized carbons (Fsp3) is 0.423. The van der Waals surface area contributed by atoms with Crippen LogP contribution in [0.2, 0.25) is 0 Å². The summed E-state index contributed by atoms with van der Waals surface area (Å²) in [6, 6.07) is 18.1. The number of piperidine rings is 1. The summed E-state index contributed by atoms with van der Waals surface area (Å²) in [4.78, 5) is 43.2. The summed E-state index contributed by atoms with van der Waals surface area (Å²) < 4.78 is 0. The summed E-state index contributed by atoms with van der Waals surface area (Å²) in [5, 5.41) is 2.99. The molecule has 4 rings (SSSR count). The summed E-state index contributed by atoms with van der Waals surface area (Å²) in [5.41, 5.74) is 3.39. The van der Waals surface area contributed by atoms with Crippen molar-refractivity contribution in [3.8, 4) is 0 Å². The molecular weight excluding hydrogens is 416 g/mol. The van der Waals surface area contributed by atoms with E-state index in [-0.39, 0.29) is 12.1 Å². The maximum absolute atomic E-state index is 12.8. The summed E-state index contributed by atoms with van der Waals surface area (Å²) in [7, 11) is 0. The number of carbonyl (C=O) groups excluding carboxylic acids is 3. The zero-order valence-electron chi connectivity index (χ0n) is 19.2. The number of hydrogen-bond acceptors (Lipinski definition) is 3. The van der Waals surface area contributed by atoms with Crippen LogP contribution in [0.5, 0.6) is 0 Å². The second-order valence-electron chi connectivity index (χ2n) is 8.90. The summed E-state index contributed by atoms with van der Waals surface area (Å²) >= 11 is 0. The van der Waals surface area contributed by atoms with Crippen LogP contribution in [0.25, 0.3) is 0 Å². The lowest BCUT2D eigenvalue weighted by molar-refractivity contribution is -0.158. The minimum atomic E-state index is -0.428. The Morgan fingerprint density at radius 1 is 0.879 bits per heavy atom. The van der Waals surface area contributed by atoms with E-state index in [0.29, 0.717) is 52.1 Å². The Bertz CT molecular complexity index is 969. The van der Waals surface area contributed by atoms with Crippen LogP contribution in [0.1, 0.15) is 29.5 Å². The predicted molar refractivity (Wildman–Crippen MR) is 126 cm³/mol. The van der Waals surface area contributed by atoms with Gasteiger partial charge in [0.15, 0.2) is 0 Å². The van der Waals surface area contributed by atoms with Crippen LogP contribution < -0.4 is 5.32 Å². The molecule has 2 heterocycles. The molecule has 1 N–H and O–H groups in total. The van der Waals surface area contributed by atoms with Gasteiger partial charge in [-0.1, -0.05) is 60.2 Å². The molecule has 0 radical (unpaired) electrons. The van der Waals surface area contributed by atoms with Crippen molar-refractivity contribution in [2.24, 2.45) is 0 Å². The van der Waals surface area contributed by atoms with E-state index < -0.39 is 11.8 Å². The number of hydrogen-bond donors (Lipinski definition) is 1. The molecule has 2 aliphatic heterocycles. The van der Waals surface area contributed by atoms with E-state index in [2.05, 4.69) is 17.4 Å². The van der Waals surface area contributed by atoms with Crippen molar-refractivity contribution in [2.45, 2.75) is 38.8 Å². The molecule has 0 aromatic heterocycles. The Hall–Kier alpha value is -3.35. The van der Waals surface area contributed by atoms with Crippen LogP contribution in [-0.2, 0) is 22.6 Å². The lowest BCUT2D eigenvalue weighted by Gasteiger charge is -2.42. The highest BCUT2D eigenvalue weighted by Gasteiger charge is 2.37. The van der Waals surface area contributed by atoms with Crippen molar-refractivity contribution in [2.75, 3.05) is 32.7 Å². The van der Waals surface area contributed by atoms with Crippen molar-refractivity contribution in [1.29, 1.82) is 0 Å². The van der Waals surface area contributed by atoms with Crippen LogP contribution in [0, 0.1) is 6.92 Å². The molecule has 0 aliphatic carbocycles. The van der Waals surface area contributed by atoms with Gasteiger partial charge in [-0.15, -0.1) is 0 Å². The number of nitrogens with zero attached hydrogens (tertiary/aromatic N) is 3. The zero-order valence-corrected chi connectivity index (χ0v) is 19.2. The SMILES string of the molecule is Cc1ccc(CN2CCN(C3CCN(C(=O)NCCc4ccccc4)CC3)C(=O)C2=O)cc1. The maximum Gasteiger partial charge on any atom is 0.317 e. The number of likely N-dealkylation sites (tertiary alicyclic amines) is 1. The number of carbonyl (C=O) groups is 3. The molecule has 0 atom stereocenters. The van der Waals surface area contributed by atoms with Gasteiger partial charge < -0.3 is 20.0 Å². The van der Waals surface area contributed by atoms with Crippen molar-refractivity contribution in [1.82, 2.24) is 20.0 Å². The number of rotatable bonds is 6. The molecule has 0 bridgehead atoms. The van der Waals surface area contributed by atoms with Crippen LogP contribution >= 0.6 is 0 Å². The topological polar surface area (TPSA) is 73.0 Å². The van der Waals surface area contributed by atoms with E-state index in [1.807, 2.05) is 49.4 Å². The third kappa shape index (κ3) is 5.72. The van der Waals surface area contributed by atoms with Gasteiger partial charge in [0.25, 0.3) is 0 Å². The van der Waals surface area contributed by atoms with Crippen LogP contribution in [-0.4, -0.2) is 71.3 Å². The van der Waals surface area contributed by atoms with Crippen LogP contribution in [0.3, 0.4) is 0 Å². The average Bonchev–Trinajstić information content (AvgIpc) is 2.84. The normalized spacial score (nSPS) is 17.4. The molecule has 2 aromatic carbocycles. The van der Waals surface area contributed by atoms with Gasteiger partial charge in [0.1, 0.15) is 0 Å². The highest BCUT2D eigenvalue weighted by atomic mass is 16.2. The Balaban J connectivity index is 1.22. The van der Waals surface area contributed by atoms with Gasteiger partial charge in [0, 0.05) is 45.3 Å². The Labute approximate surface area is 195 Å². The van der Waals surface area contributed by atoms with Crippen LogP contribution in [0.15, 0.2) is 54.6 Å². The standard InChI is InChI=1S/C26H32N4O3/c1-20-7-9-22(10-8-20)19-29-17-18-30(25(32)24(29)31)23-12-15-28(16-13-23)26(33)27-14-11-21-5-3-2-4-6-21/h2-10,23H,11-19H2,1H3,(H,27,33). The molecule has 2 aromatic rings. The number of amides is 4. The molecule has 7 nitrogen and oxygen atoms in total. The molecule has 4 amide bonds. The second-order valence-corrected chi connectivity index (χ2v) is 8.90. The number of urea groups is 1. The fourth-order valence-corrected chi connectivity index (χ4v) is 4.55. The zero-order chi connectivity index (χ0) is 23.2. The van der Waals surface area contributed by atoms with E-state index in [4.69, 9.17) is 0 Å². The summed E-state index contributed by atoms with van der Waals surface area (Å²) in [6.45, 7) is 5.35. The number of piperazine rings is 1. The number of aryl methyl sites for hydroxylation is 1. The molecule has 174 valence electrons. The highest BCUT2D eigenvalue weighted by Crippen LogP contribution is 2.21. The van der Waals surface area contributed by atoms with Crippen molar-refractivity contribution < 1.29 is 14.4 Å². The molecule has 2 fully saturated rings. The first-order valence-electron chi connectivity index (χ1n) is 11.7. The lowest BCUT2D eigenvalue weighted by Crippen LogP contribution is -2.59. The first kappa shape index (κ1) is 22.8. The largest absolute Gasteiger partial charge is 0.338 e. The highest BCUT2D eigenvalue weighted by molar-refractivity contribution is 6.35.